The predicted molar refractivity (Wildman–Crippen MR) is 99.3 cm³/mol. The molecule has 3 rings (SSSR count). The Morgan fingerprint density at radius 3 is 1.91 bits per heavy atom. The molecular weight excluding hydrogens is 354 g/mol. The molecule has 1 fully saturated rings. The lowest BCUT2D eigenvalue weighted by Gasteiger charge is -2.28. The summed E-state index contributed by atoms with van der Waals surface area (Å²) in [4.78, 5) is 14.4. The Hall–Kier alpha value is -2.01. The highest BCUT2D eigenvalue weighted by Gasteiger charge is 2.10. The highest BCUT2D eigenvalue weighted by molar-refractivity contribution is 9.10. The second-order valence-electron chi connectivity index (χ2n) is 5.68. The average Bonchev–Trinajstić information content (AvgIpc) is 2.58. The van der Waals surface area contributed by atoms with Crippen LogP contribution in [0.3, 0.4) is 0 Å². The summed E-state index contributed by atoms with van der Waals surface area (Å²) < 4.78 is 0.983. The van der Waals surface area contributed by atoms with Gasteiger partial charge in [-0.25, -0.2) is 4.79 Å². The van der Waals surface area contributed by atoms with Crippen molar-refractivity contribution < 1.29 is 4.79 Å². The smallest absolute Gasteiger partial charge is 0.323 e. The van der Waals surface area contributed by atoms with Gasteiger partial charge in [0, 0.05) is 34.6 Å². The quantitative estimate of drug-likeness (QED) is 0.787. The van der Waals surface area contributed by atoms with Crippen LogP contribution in [0.15, 0.2) is 53.0 Å². The van der Waals surface area contributed by atoms with Crippen LogP contribution in [-0.4, -0.2) is 19.1 Å². The molecule has 1 aliphatic rings. The van der Waals surface area contributed by atoms with Crippen molar-refractivity contribution in [3.05, 3.63) is 53.0 Å². The Balaban J connectivity index is 1.57. The minimum atomic E-state index is -0.238. The molecule has 0 bridgehead atoms. The van der Waals surface area contributed by atoms with Crippen LogP contribution in [0, 0.1) is 0 Å². The van der Waals surface area contributed by atoms with Gasteiger partial charge in [0.05, 0.1) is 0 Å². The van der Waals surface area contributed by atoms with Gasteiger partial charge in [-0.05, 0) is 67.8 Å². The second-order valence-corrected chi connectivity index (χ2v) is 6.60. The third-order valence-corrected chi connectivity index (χ3v) is 4.48. The van der Waals surface area contributed by atoms with Gasteiger partial charge in [0.2, 0.25) is 0 Å². The van der Waals surface area contributed by atoms with Gasteiger partial charge < -0.3 is 15.5 Å². The number of rotatable bonds is 3. The van der Waals surface area contributed by atoms with Crippen LogP contribution < -0.4 is 15.5 Å². The molecule has 23 heavy (non-hydrogen) atoms. The van der Waals surface area contributed by atoms with Gasteiger partial charge in [-0.2, -0.15) is 0 Å². The molecule has 5 heteroatoms. The molecule has 0 atom stereocenters. The summed E-state index contributed by atoms with van der Waals surface area (Å²) in [6.07, 6.45) is 3.84. The summed E-state index contributed by atoms with van der Waals surface area (Å²) in [5.41, 5.74) is 2.78. The fraction of sp³-hybridized carbons (Fsp3) is 0.278. The first-order valence-electron chi connectivity index (χ1n) is 7.89. The first-order valence-corrected chi connectivity index (χ1v) is 8.68. The second kappa shape index (κ2) is 7.51. The van der Waals surface area contributed by atoms with Crippen molar-refractivity contribution >= 4 is 39.0 Å². The number of urea groups is 1. The van der Waals surface area contributed by atoms with E-state index in [2.05, 4.69) is 43.6 Å². The molecule has 4 nitrogen and oxygen atoms in total. The Morgan fingerprint density at radius 1 is 0.826 bits per heavy atom. The summed E-state index contributed by atoms with van der Waals surface area (Å²) in [6, 6.07) is 15.3. The van der Waals surface area contributed by atoms with E-state index in [1.807, 2.05) is 36.4 Å². The summed E-state index contributed by atoms with van der Waals surface area (Å²) in [5.74, 6) is 0. The number of benzene rings is 2. The van der Waals surface area contributed by atoms with E-state index in [9.17, 15) is 4.79 Å². The molecule has 0 aromatic heterocycles. The van der Waals surface area contributed by atoms with E-state index >= 15 is 0 Å². The van der Waals surface area contributed by atoms with Gasteiger partial charge in [-0.15, -0.1) is 0 Å². The molecule has 2 aromatic carbocycles. The number of hydrogen-bond acceptors (Lipinski definition) is 2. The summed E-state index contributed by atoms with van der Waals surface area (Å²) in [7, 11) is 0. The van der Waals surface area contributed by atoms with Crippen LogP contribution in [-0.2, 0) is 0 Å². The van der Waals surface area contributed by atoms with E-state index < -0.39 is 0 Å². The van der Waals surface area contributed by atoms with Gasteiger partial charge in [0.1, 0.15) is 0 Å². The van der Waals surface area contributed by atoms with Gasteiger partial charge in [-0.1, -0.05) is 15.9 Å². The van der Waals surface area contributed by atoms with Gasteiger partial charge in [-0.3, -0.25) is 0 Å². The number of carbonyl (C=O) groups excluding carboxylic acids is 1. The van der Waals surface area contributed by atoms with E-state index in [4.69, 9.17) is 0 Å². The lowest BCUT2D eigenvalue weighted by atomic mass is 10.1. The first kappa shape index (κ1) is 15.9. The van der Waals surface area contributed by atoms with E-state index in [-0.39, 0.29) is 6.03 Å². The largest absolute Gasteiger partial charge is 0.372 e. The molecule has 2 amide bonds. The monoisotopic (exact) mass is 373 g/mol. The number of amides is 2. The van der Waals surface area contributed by atoms with Gasteiger partial charge in [0.25, 0.3) is 0 Å². The number of piperidine rings is 1. The zero-order valence-electron chi connectivity index (χ0n) is 12.9. The minimum Gasteiger partial charge on any atom is -0.372 e. The van der Waals surface area contributed by atoms with E-state index in [1.54, 1.807) is 0 Å². The summed E-state index contributed by atoms with van der Waals surface area (Å²) in [5, 5.41) is 5.67. The molecule has 0 spiro atoms. The third-order valence-electron chi connectivity index (χ3n) is 3.95. The van der Waals surface area contributed by atoms with Gasteiger partial charge in [0.15, 0.2) is 0 Å². The molecule has 0 radical (unpaired) electrons. The number of anilines is 3. The number of nitrogens with one attached hydrogen (secondary N) is 2. The maximum absolute atomic E-state index is 12.0. The molecule has 0 saturated carbocycles. The van der Waals surface area contributed by atoms with E-state index in [0.717, 1.165) is 28.9 Å². The summed E-state index contributed by atoms with van der Waals surface area (Å²) >= 11 is 3.37. The van der Waals surface area contributed by atoms with Gasteiger partial charge >= 0.3 is 6.03 Å². The molecule has 0 aliphatic carbocycles. The van der Waals surface area contributed by atoms with E-state index in [0.29, 0.717) is 0 Å². The molecule has 120 valence electrons. The van der Waals surface area contributed by atoms with E-state index in [1.165, 1.54) is 24.9 Å². The molecular formula is C18H20BrN3O. The maximum Gasteiger partial charge on any atom is 0.323 e. The highest BCUT2D eigenvalue weighted by Crippen LogP contribution is 2.22. The highest BCUT2D eigenvalue weighted by atomic mass is 79.9. The van der Waals surface area contributed by atoms with Crippen molar-refractivity contribution in [2.45, 2.75) is 19.3 Å². The molecule has 0 unspecified atom stereocenters. The zero-order chi connectivity index (χ0) is 16.1. The van der Waals surface area contributed by atoms with Crippen LogP contribution in [0.2, 0.25) is 0 Å². The lowest BCUT2D eigenvalue weighted by Crippen LogP contribution is -2.29. The van der Waals surface area contributed by atoms with Crippen molar-refractivity contribution in [1.29, 1.82) is 0 Å². The van der Waals surface area contributed by atoms with Crippen molar-refractivity contribution in [3.63, 3.8) is 0 Å². The van der Waals surface area contributed by atoms with Crippen LogP contribution in [0.5, 0.6) is 0 Å². The molecule has 2 aromatic rings. The molecule has 2 N–H and O–H groups in total. The molecule has 1 heterocycles. The standard InChI is InChI=1S/C18H20BrN3O/c19-14-4-6-15(7-5-14)20-18(23)21-16-8-10-17(11-9-16)22-12-2-1-3-13-22/h4-11H,1-3,12-13H2,(H2,20,21,23). The number of nitrogens with zero attached hydrogens (tertiary/aromatic N) is 1. The number of hydrogen-bond donors (Lipinski definition) is 2. The zero-order valence-corrected chi connectivity index (χ0v) is 14.5. The van der Waals surface area contributed by atoms with Crippen LogP contribution in [0.25, 0.3) is 0 Å². The van der Waals surface area contributed by atoms with Crippen molar-refractivity contribution in [3.8, 4) is 0 Å². The average molecular weight is 374 g/mol. The Labute approximate surface area is 145 Å². The minimum absolute atomic E-state index is 0.238. The fourth-order valence-corrected chi connectivity index (χ4v) is 3.00. The first-order chi connectivity index (χ1) is 11.2. The van der Waals surface area contributed by atoms with Crippen LogP contribution >= 0.6 is 15.9 Å². The third kappa shape index (κ3) is 4.48. The summed E-state index contributed by atoms with van der Waals surface area (Å²) in [6.45, 7) is 2.24. The van der Waals surface area contributed by atoms with Crippen LogP contribution in [0.1, 0.15) is 19.3 Å². The molecule has 1 saturated heterocycles. The maximum atomic E-state index is 12.0. The van der Waals surface area contributed by atoms with Crippen molar-refractivity contribution in [1.82, 2.24) is 0 Å². The van der Waals surface area contributed by atoms with Crippen molar-refractivity contribution in [2.75, 3.05) is 28.6 Å². The Kier molecular flexibility index (Phi) is 5.18. The topological polar surface area (TPSA) is 44.4 Å². The Bertz CT molecular complexity index is 649. The normalized spacial score (nSPS) is 14.4. The van der Waals surface area contributed by atoms with Crippen LogP contribution in [0.4, 0.5) is 21.9 Å². The lowest BCUT2D eigenvalue weighted by molar-refractivity contribution is 0.262. The predicted octanol–water partition coefficient (Wildman–Crippen LogP) is 5.08. The fourth-order valence-electron chi connectivity index (χ4n) is 2.73. The number of carbonyl (C=O) groups is 1. The number of halogens is 1. The Morgan fingerprint density at radius 2 is 1.35 bits per heavy atom. The SMILES string of the molecule is O=C(Nc1ccc(Br)cc1)Nc1ccc(N2CCCCC2)cc1. The van der Waals surface area contributed by atoms with Crippen molar-refractivity contribution in [2.24, 2.45) is 0 Å². The molecule has 1 aliphatic heterocycles.